The summed E-state index contributed by atoms with van der Waals surface area (Å²) in [5, 5.41) is -0.567. The van der Waals surface area contributed by atoms with Crippen LogP contribution >= 0.6 is 11.8 Å². The van der Waals surface area contributed by atoms with Crippen molar-refractivity contribution in [3.05, 3.63) is 118 Å². The van der Waals surface area contributed by atoms with Gasteiger partial charge in [0.1, 0.15) is 34.7 Å². The van der Waals surface area contributed by atoms with Crippen molar-refractivity contribution in [1.29, 1.82) is 0 Å². The second-order valence-electron chi connectivity index (χ2n) is 10.3. The molecule has 43 heavy (non-hydrogen) atoms. The fraction of sp³-hybridized carbons (Fsp3) is 0.382. The van der Waals surface area contributed by atoms with Crippen molar-refractivity contribution in [2.24, 2.45) is 0 Å². The van der Waals surface area contributed by atoms with E-state index >= 15 is 0 Å². The zero-order valence-electron chi connectivity index (χ0n) is 24.7. The van der Waals surface area contributed by atoms with Crippen LogP contribution in [0.25, 0.3) is 0 Å². The predicted molar refractivity (Wildman–Crippen MR) is 163 cm³/mol. The molecule has 1 fully saturated rings. The third kappa shape index (κ3) is 7.67. The summed E-state index contributed by atoms with van der Waals surface area (Å²) in [6.45, 7) is 4.78. The van der Waals surface area contributed by atoms with Gasteiger partial charge in [-0.1, -0.05) is 91.0 Å². The number of thioether (sulfide) groups is 1. The maximum absolute atomic E-state index is 13.0. The van der Waals surface area contributed by atoms with Crippen molar-refractivity contribution in [2.75, 3.05) is 20.3 Å². The van der Waals surface area contributed by atoms with Crippen LogP contribution in [0, 0.1) is 0 Å². The number of hydrogen-bond donors (Lipinski definition) is 0. The van der Waals surface area contributed by atoms with Crippen LogP contribution in [0.1, 0.15) is 30.5 Å². The van der Waals surface area contributed by atoms with Gasteiger partial charge in [-0.2, -0.15) is 0 Å². The van der Waals surface area contributed by atoms with E-state index in [0.29, 0.717) is 30.5 Å². The van der Waals surface area contributed by atoms with E-state index in [0.717, 1.165) is 16.7 Å². The lowest BCUT2D eigenvalue weighted by atomic mass is 9.97. The van der Waals surface area contributed by atoms with E-state index in [9.17, 15) is 4.79 Å². The number of methoxy groups -OCH3 is 1. The van der Waals surface area contributed by atoms with E-state index in [4.69, 9.17) is 33.2 Å². The molecule has 9 heteroatoms. The molecule has 0 aromatic heterocycles. The third-order valence-electron chi connectivity index (χ3n) is 7.21. The average molecular weight is 607 g/mol. The summed E-state index contributed by atoms with van der Waals surface area (Å²) in [6, 6.07) is 29.7. The molecule has 0 radical (unpaired) electrons. The summed E-state index contributed by atoms with van der Waals surface area (Å²) in [5.41, 5.74) is 3.01. The Morgan fingerprint density at radius 2 is 1.35 bits per heavy atom. The van der Waals surface area contributed by atoms with Crippen molar-refractivity contribution < 1.29 is 38.0 Å². The van der Waals surface area contributed by atoms with Crippen molar-refractivity contribution in [1.82, 2.24) is 0 Å². The van der Waals surface area contributed by atoms with Gasteiger partial charge in [0, 0.05) is 7.11 Å². The molecule has 8 nitrogen and oxygen atoms in total. The molecule has 228 valence electrons. The molecular formula is C34H38O8S. The Kier molecular flexibility index (Phi) is 10.9. The predicted octanol–water partition coefficient (Wildman–Crippen LogP) is 6.00. The second-order valence-corrected chi connectivity index (χ2v) is 11.4. The van der Waals surface area contributed by atoms with Gasteiger partial charge >= 0.3 is 5.97 Å². The molecule has 0 unspecified atom stereocenters. The summed E-state index contributed by atoms with van der Waals surface area (Å²) < 4.78 is 43.8. The molecular weight excluding hydrogens is 568 g/mol. The zero-order valence-corrected chi connectivity index (χ0v) is 25.5. The van der Waals surface area contributed by atoms with E-state index < -0.39 is 35.5 Å². The summed E-state index contributed by atoms with van der Waals surface area (Å²) in [5.74, 6) is -1.40. The molecule has 0 saturated carbocycles. The molecule has 0 N–H and O–H groups in total. The fourth-order valence-electron chi connectivity index (χ4n) is 5.15. The Labute approximate surface area is 257 Å². The Morgan fingerprint density at radius 3 is 1.88 bits per heavy atom. The van der Waals surface area contributed by atoms with Crippen molar-refractivity contribution in [3.63, 3.8) is 0 Å². The molecule has 3 aromatic carbocycles. The summed E-state index contributed by atoms with van der Waals surface area (Å²) >= 11 is 1.31. The Morgan fingerprint density at radius 1 is 0.814 bits per heavy atom. The van der Waals surface area contributed by atoms with E-state index in [1.807, 2.05) is 91.0 Å². The van der Waals surface area contributed by atoms with Gasteiger partial charge in [0.2, 0.25) is 0 Å². The van der Waals surface area contributed by atoms with Crippen LogP contribution in [0.15, 0.2) is 102 Å². The van der Waals surface area contributed by atoms with Gasteiger partial charge < -0.3 is 33.2 Å². The highest BCUT2D eigenvalue weighted by Gasteiger charge is 2.61. The Hall–Kier alpha value is -3.18. The van der Waals surface area contributed by atoms with Gasteiger partial charge in [-0.3, -0.25) is 0 Å². The molecule has 2 aliphatic heterocycles. The highest BCUT2D eigenvalue weighted by atomic mass is 32.2. The topological polar surface area (TPSA) is 81.7 Å². The van der Waals surface area contributed by atoms with Gasteiger partial charge in [0.25, 0.3) is 5.79 Å². The van der Waals surface area contributed by atoms with Crippen molar-refractivity contribution in [3.8, 4) is 0 Å². The first-order valence-corrected chi connectivity index (χ1v) is 15.3. The number of rotatable bonds is 13. The van der Waals surface area contributed by atoms with Gasteiger partial charge in [-0.05, 0) is 30.5 Å². The maximum atomic E-state index is 13.0. The molecule has 0 amide bonds. The number of fused-ring (bicyclic) bond motifs is 1. The smallest absolute Gasteiger partial charge is 0.348 e. The quantitative estimate of drug-likeness (QED) is 0.218. The number of allylic oxidation sites excluding steroid dienone is 1. The SMILES string of the molecule is CCOC(=O)C1=C(C)O[C@]2(COCc3ccccc3)O[C@@H](OC)[C@H](OCc3ccccc3)[C@@H](OCc3ccccc3)[C@@H]2S1. The first-order valence-electron chi connectivity index (χ1n) is 14.4. The normalized spacial score (nSPS) is 25.1. The molecule has 0 spiro atoms. The fourth-order valence-corrected chi connectivity index (χ4v) is 6.49. The number of carbonyl (C=O) groups is 1. The van der Waals surface area contributed by atoms with Crippen LogP contribution in [0.3, 0.4) is 0 Å². The molecule has 2 aliphatic rings. The van der Waals surface area contributed by atoms with Gasteiger partial charge in [-0.15, -0.1) is 11.8 Å². The summed E-state index contributed by atoms with van der Waals surface area (Å²) in [4.78, 5) is 13.4. The van der Waals surface area contributed by atoms with E-state index in [1.54, 1.807) is 21.0 Å². The molecule has 0 aliphatic carbocycles. The van der Waals surface area contributed by atoms with Gasteiger partial charge in [0.05, 0.1) is 26.4 Å². The van der Waals surface area contributed by atoms with Crippen molar-refractivity contribution in [2.45, 2.75) is 63.2 Å². The Balaban J connectivity index is 1.49. The monoisotopic (exact) mass is 606 g/mol. The minimum absolute atomic E-state index is 0.0590. The average Bonchev–Trinajstić information content (AvgIpc) is 3.04. The summed E-state index contributed by atoms with van der Waals surface area (Å²) in [7, 11) is 1.57. The van der Waals surface area contributed by atoms with Crippen LogP contribution in [0.2, 0.25) is 0 Å². The first kappa shape index (κ1) is 31.3. The van der Waals surface area contributed by atoms with Crippen LogP contribution in [-0.2, 0) is 57.8 Å². The second kappa shape index (κ2) is 15.0. The minimum atomic E-state index is -1.34. The summed E-state index contributed by atoms with van der Waals surface area (Å²) in [6.07, 6.45) is -2.12. The lowest BCUT2D eigenvalue weighted by Crippen LogP contribution is -2.68. The standard InChI is InChI=1S/C34H38O8S/c1-4-38-32(35)30-24(2)41-34(23-37-20-25-14-8-5-9-15-25)31(43-30)28(39-21-26-16-10-6-11-17-26)29(33(36-3)42-34)40-22-27-18-12-7-13-19-27/h5-19,28-29,31,33H,4,20-23H2,1-3H3/t28-,29-,31+,33-,34-/m1/s1. The maximum Gasteiger partial charge on any atom is 0.348 e. The van der Waals surface area contributed by atoms with Crippen LogP contribution in [-0.4, -0.2) is 55.8 Å². The largest absolute Gasteiger partial charge is 0.462 e. The molecule has 5 atom stereocenters. The molecule has 2 heterocycles. The van der Waals surface area contributed by atoms with E-state index in [1.165, 1.54) is 11.8 Å². The molecule has 5 rings (SSSR count). The molecule has 0 bridgehead atoms. The van der Waals surface area contributed by atoms with Crippen LogP contribution < -0.4 is 0 Å². The van der Waals surface area contributed by atoms with Gasteiger partial charge in [-0.25, -0.2) is 4.79 Å². The highest BCUT2D eigenvalue weighted by Crippen LogP contribution is 2.49. The third-order valence-corrected chi connectivity index (χ3v) is 8.78. The highest BCUT2D eigenvalue weighted by molar-refractivity contribution is 8.04. The molecule has 1 saturated heterocycles. The van der Waals surface area contributed by atoms with E-state index in [2.05, 4.69) is 0 Å². The minimum Gasteiger partial charge on any atom is -0.462 e. The number of hydrogen-bond acceptors (Lipinski definition) is 9. The Bertz CT molecular complexity index is 1340. The number of esters is 1. The molecule has 3 aromatic rings. The van der Waals surface area contributed by atoms with Crippen LogP contribution in [0.5, 0.6) is 0 Å². The lowest BCUT2D eigenvalue weighted by Gasteiger charge is -2.53. The lowest BCUT2D eigenvalue weighted by molar-refractivity contribution is -0.374. The number of carbonyl (C=O) groups excluding carboxylic acids is 1. The zero-order chi connectivity index (χ0) is 30.1. The van der Waals surface area contributed by atoms with Crippen molar-refractivity contribution >= 4 is 17.7 Å². The number of ether oxygens (including phenoxy) is 7. The van der Waals surface area contributed by atoms with E-state index in [-0.39, 0.29) is 13.2 Å². The van der Waals surface area contributed by atoms with Gasteiger partial charge in [0.15, 0.2) is 6.29 Å². The van der Waals surface area contributed by atoms with Crippen LogP contribution in [0.4, 0.5) is 0 Å². The number of benzene rings is 3. The first-order chi connectivity index (χ1) is 21.0.